The van der Waals surface area contributed by atoms with Crippen molar-refractivity contribution >= 4 is 5.97 Å². The lowest BCUT2D eigenvalue weighted by molar-refractivity contribution is -0.159. The third-order valence-electron chi connectivity index (χ3n) is 4.23. The molecule has 0 amide bonds. The Kier molecular flexibility index (Phi) is 4.78. The molecule has 0 aliphatic heterocycles. The van der Waals surface area contributed by atoms with Crippen molar-refractivity contribution in [3.8, 4) is 0 Å². The van der Waals surface area contributed by atoms with Gasteiger partial charge in [0.15, 0.2) is 0 Å². The van der Waals surface area contributed by atoms with E-state index in [1.807, 2.05) is 0 Å². The Labute approximate surface area is 98.8 Å². The molecule has 1 fully saturated rings. The number of carboxylic acids is 1. The Hall–Kier alpha value is -0.570. The Bertz CT molecular complexity index is 229. The summed E-state index contributed by atoms with van der Waals surface area (Å²) in [6.45, 7) is 7.92. The summed E-state index contributed by atoms with van der Waals surface area (Å²) in [7, 11) is 0. The summed E-state index contributed by atoms with van der Waals surface area (Å²) in [5, 5.41) is 9.68. The molecule has 1 rings (SSSR count). The van der Waals surface area contributed by atoms with Crippen molar-refractivity contribution in [2.75, 3.05) is 13.1 Å². The molecule has 1 aliphatic rings. The Morgan fingerprint density at radius 3 is 2.38 bits per heavy atom. The normalized spacial score (nSPS) is 30.6. The maximum absolute atomic E-state index is 11.8. The van der Waals surface area contributed by atoms with Crippen LogP contribution in [-0.2, 0) is 4.79 Å². The zero-order chi connectivity index (χ0) is 12.2. The van der Waals surface area contributed by atoms with Gasteiger partial charge in [0.25, 0.3) is 0 Å². The predicted octanol–water partition coefficient (Wildman–Crippen LogP) is 2.75. The largest absolute Gasteiger partial charge is 0.480 e. The van der Waals surface area contributed by atoms with E-state index in [1.165, 1.54) is 6.42 Å². The van der Waals surface area contributed by atoms with Gasteiger partial charge >= 0.3 is 5.97 Å². The molecule has 94 valence electrons. The van der Waals surface area contributed by atoms with E-state index in [0.29, 0.717) is 5.92 Å². The fourth-order valence-electron chi connectivity index (χ4n) is 3.39. The molecule has 0 aromatic carbocycles. The topological polar surface area (TPSA) is 40.5 Å². The van der Waals surface area contributed by atoms with Crippen LogP contribution in [0.5, 0.6) is 0 Å². The van der Waals surface area contributed by atoms with Crippen LogP contribution >= 0.6 is 0 Å². The highest BCUT2D eigenvalue weighted by molar-refractivity contribution is 5.79. The zero-order valence-corrected chi connectivity index (χ0v) is 10.8. The van der Waals surface area contributed by atoms with E-state index >= 15 is 0 Å². The van der Waals surface area contributed by atoms with Gasteiger partial charge < -0.3 is 5.11 Å². The number of aliphatic carboxylic acids is 1. The second kappa shape index (κ2) is 5.67. The lowest BCUT2D eigenvalue weighted by Gasteiger charge is -2.47. The minimum absolute atomic E-state index is 0.318. The van der Waals surface area contributed by atoms with Crippen LogP contribution in [0.15, 0.2) is 0 Å². The van der Waals surface area contributed by atoms with Crippen LogP contribution in [0.25, 0.3) is 0 Å². The summed E-state index contributed by atoms with van der Waals surface area (Å²) >= 11 is 0. The first-order valence-electron chi connectivity index (χ1n) is 6.61. The van der Waals surface area contributed by atoms with Crippen LogP contribution < -0.4 is 0 Å². The van der Waals surface area contributed by atoms with Crippen molar-refractivity contribution in [3.63, 3.8) is 0 Å². The van der Waals surface area contributed by atoms with E-state index in [-0.39, 0.29) is 0 Å². The molecule has 0 heterocycles. The van der Waals surface area contributed by atoms with Gasteiger partial charge in [-0.1, -0.05) is 40.0 Å². The van der Waals surface area contributed by atoms with Crippen molar-refractivity contribution in [1.29, 1.82) is 0 Å². The van der Waals surface area contributed by atoms with Crippen LogP contribution in [0.4, 0.5) is 0 Å². The third-order valence-corrected chi connectivity index (χ3v) is 4.23. The van der Waals surface area contributed by atoms with Gasteiger partial charge in [-0.15, -0.1) is 0 Å². The molecule has 0 aromatic heterocycles. The lowest BCUT2D eigenvalue weighted by atomic mass is 9.70. The number of likely N-dealkylation sites (N-methyl/N-ethyl adjacent to an activating group) is 1. The first kappa shape index (κ1) is 13.5. The number of nitrogens with zero attached hydrogens (tertiary/aromatic N) is 1. The van der Waals surface area contributed by atoms with Gasteiger partial charge in [0.05, 0.1) is 0 Å². The van der Waals surface area contributed by atoms with Crippen LogP contribution in [-0.4, -0.2) is 34.6 Å². The van der Waals surface area contributed by atoms with Gasteiger partial charge in [0, 0.05) is 0 Å². The average Bonchev–Trinajstić information content (AvgIpc) is 2.30. The number of rotatable bonds is 5. The van der Waals surface area contributed by atoms with Crippen molar-refractivity contribution in [2.24, 2.45) is 5.92 Å². The monoisotopic (exact) mass is 227 g/mol. The van der Waals surface area contributed by atoms with E-state index < -0.39 is 11.5 Å². The zero-order valence-electron chi connectivity index (χ0n) is 10.8. The molecule has 2 unspecified atom stereocenters. The minimum Gasteiger partial charge on any atom is -0.480 e. The van der Waals surface area contributed by atoms with Crippen LogP contribution in [0.3, 0.4) is 0 Å². The molecular weight excluding hydrogens is 202 g/mol. The quantitative estimate of drug-likeness (QED) is 0.785. The second-order valence-corrected chi connectivity index (χ2v) is 4.75. The summed E-state index contributed by atoms with van der Waals surface area (Å²) in [6.07, 6.45) is 5.11. The van der Waals surface area contributed by atoms with Gasteiger partial charge in [-0.2, -0.15) is 0 Å². The molecule has 3 heteroatoms. The highest BCUT2D eigenvalue weighted by Crippen LogP contribution is 2.40. The fourth-order valence-corrected chi connectivity index (χ4v) is 3.39. The fraction of sp³-hybridized carbons (Fsp3) is 0.923. The summed E-state index contributed by atoms with van der Waals surface area (Å²) in [4.78, 5) is 13.9. The van der Waals surface area contributed by atoms with Gasteiger partial charge in [-0.3, -0.25) is 9.69 Å². The smallest absolute Gasteiger partial charge is 0.324 e. The molecule has 16 heavy (non-hydrogen) atoms. The maximum Gasteiger partial charge on any atom is 0.324 e. The molecule has 2 atom stereocenters. The number of carbonyl (C=O) groups is 1. The maximum atomic E-state index is 11.8. The van der Waals surface area contributed by atoms with E-state index in [4.69, 9.17) is 0 Å². The van der Waals surface area contributed by atoms with Crippen LogP contribution in [0, 0.1) is 5.92 Å². The van der Waals surface area contributed by atoms with Gasteiger partial charge in [-0.05, 0) is 31.8 Å². The predicted molar refractivity (Wildman–Crippen MR) is 65.5 cm³/mol. The standard InChI is InChI=1S/C13H25NO2/c1-4-11-9-7-8-10-13(11,12(15)16)14(5-2)6-3/h11H,4-10H2,1-3H3,(H,15,16). The first-order valence-corrected chi connectivity index (χ1v) is 6.61. The molecular formula is C13H25NO2. The Morgan fingerprint density at radius 2 is 1.94 bits per heavy atom. The van der Waals surface area contributed by atoms with Crippen molar-refractivity contribution < 1.29 is 9.90 Å². The van der Waals surface area contributed by atoms with E-state index in [1.54, 1.807) is 0 Å². The Balaban J connectivity index is 3.04. The molecule has 3 nitrogen and oxygen atoms in total. The van der Waals surface area contributed by atoms with Gasteiger partial charge in [0.1, 0.15) is 5.54 Å². The van der Waals surface area contributed by atoms with E-state index in [0.717, 1.165) is 38.8 Å². The van der Waals surface area contributed by atoms with Crippen molar-refractivity contribution in [2.45, 2.75) is 58.4 Å². The summed E-state index contributed by atoms with van der Waals surface area (Å²) in [5.74, 6) is -0.290. The lowest BCUT2D eigenvalue weighted by Crippen LogP contribution is -2.60. The summed E-state index contributed by atoms with van der Waals surface area (Å²) in [5.41, 5.74) is -0.587. The molecule has 0 aromatic rings. The minimum atomic E-state index is -0.609. The molecule has 0 saturated heterocycles. The Morgan fingerprint density at radius 1 is 1.31 bits per heavy atom. The summed E-state index contributed by atoms with van der Waals surface area (Å²) in [6, 6.07) is 0. The van der Waals surface area contributed by atoms with Crippen LogP contribution in [0.2, 0.25) is 0 Å². The van der Waals surface area contributed by atoms with Crippen molar-refractivity contribution in [3.05, 3.63) is 0 Å². The second-order valence-electron chi connectivity index (χ2n) is 4.75. The van der Waals surface area contributed by atoms with Crippen molar-refractivity contribution in [1.82, 2.24) is 4.90 Å². The number of hydrogen-bond donors (Lipinski definition) is 1. The van der Waals surface area contributed by atoms with Gasteiger partial charge in [0.2, 0.25) is 0 Å². The molecule has 1 saturated carbocycles. The van der Waals surface area contributed by atoms with E-state index in [9.17, 15) is 9.90 Å². The molecule has 0 bridgehead atoms. The highest BCUT2D eigenvalue weighted by Gasteiger charge is 2.49. The molecule has 0 spiro atoms. The highest BCUT2D eigenvalue weighted by atomic mass is 16.4. The molecule has 0 radical (unpaired) electrons. The third kappa shape index (κ3) is 2.10. The molecule has 1 N–H and O–H groups in total. The van der Waals surface area contributed by atoms with Gasteiger partial charge in [-0.25, -0.2) is 0 Å². The number of carboxylic acid groups (broad SMARTS) is 1. The van der Waals surface area contributed by atoms with Crippen LogP contribution in [0.1, 0.15) is 52.9 Å². The number of hydrogen-bond acceptors (Lipinski definition) is 2. The summed E-state index contributed by atoms with van der Waals surface area (Å²) < 4.78 is 0. The average molecular weight is 227 g/mol. The molecule has 1 aliphatic carbocycles. The SMILES string of the molecule is CCC1CCCCC1(C(=O)O)N(CC)CC. The van der Waals surface area contributed by atoms with E-state index in [2.05, 4.69) is 25.7 Å². The first-order chi connectivity index (χ1) is 7.63.